The van der Waals surface area contributed by atoms with Crippen molar-refractivity contribution in [2.45, 2.75) is 18.2 Å². The van der Waals surface area contributed by atoms with Crippen molar-refractivity contribution < 1.29 is 22.1 Å². The molecular formula is C19H24N4O5S. The number of benzene rings is 2. The van der Waals surface area contributed by atoms with Crippen LogP contribution < -0.4 is 19.4 Å². The fraction of sp³-hybridized carbons (Fsp3) is 0.263. The Hall–Kier alpha value is -3.27. The number of nitrogens with one attached hydrogen (secondary N) is 1. The first-order chi connectivity index (χ1) is 13.8. The molecule has 0 radical (unpaired) electrons. The second-order valence-corrected chi connectivity index (χ2v) is 7.54. The molecule has 2 rings (SSSR count). The molecule has 9 nitrogen and oxygen atoms in total. The minimum Gasteiger partial charge on any atom is -0.495 e. The molecule has 0 aliphatic heterocycles. The Bertz CT molecular complexity index is 978. The molecule has 0 aliphatic carbocycles. The molecule has 10 heteroatoms. The molecular weight excluding hydrogens is 396 g/mol. The summed E-state index contributed by atoms with van der Waals surface area (Å²) in [4.78, 5) is -0.0623. The summed E-state index contributed by atoms with van der Waals surface area (Å²) in [6.45, 7) is 5.82. The smallest absolute Gasteiger partial charge is 0.342 e. The molecule has 0 atom stereocenters. The lowest BCUT2D eigenvalue weighted by Gasteiger charge is -2.16. The third-order valence-electron chi connectivity index (χ3n) is 3.80. The van der Waals surface area contributed by atoms with Crippen LogP contribution in [0.5, 0.6) is 17.2 Å². The number of ether oxygens (including phenoxy) is 2. The van der Waals surface area contributed by atoms with Crippen LogP contribution >= 0.6 is 0 Å². The summed E-state index contributed by atoms with van der Waals surface area (Å²) in [5.41, 5.74) is 6.13. The summed E-state index contributed by atoms with van der Waals surface area (Å²) < 4.78 is 41.3. The number of guanidine groups is 1. The second kappa shape index (κ2) is 9.78. The lowest BCUT2D eigenvalue weighted by Crippen LogP contribution is -2.33. The number of aryl methyl sites for hydroxylation is 1. The number of nitrogens with zero attached hydrogens (tertiary/aromatic N) is 2. The summed E-state index contributed by atoms with van der Waals surface area (Å²) in [6.07, 6.45) is 0.530. The van der Waals surface area contributed by atoms with Crippen molar-refractivity contribution in [1.82, 2.24) is 5.01 Å². The normalized spacial score (nSPS) is 10.8. The van der Waals surface area contributed by atoms with E-state index in [9.17, 15) is 8.42 Å². The first-order valence-corrected chi connectivity index (χ1v) is 10.1. The predicted octanol–water partition coefficient (Wildman–Crippen LogP) is 2.35. The SMILES string of the molecule is C=NN(CCCOc1cc(C)cc(OS(=O)(=O)c2ccccc2OC)c1)C(=N)N. The number of rotatable bonds is 10. The summed E-state index contributed by atoms with van der Waals surface area (Å²) in [5, 5.41) is 12.2. The number of hydrogen-bond donors (Lipinski definition) is 2. The maximum absolute atomic E-state index is 12.6. The van der Waals surface area contributed by atoms with E-state index < -0.39 is 10.1 Å². The van der Waals surface area contributed by atoms with Gasteiger partial charge in [-0.1, -0.05) is 12.1 Å². The molecule has 2 aromatic carbocycles. The third-order valence-corrected chi connectivity index (χ3v) is 5.09. The zero-order chi connectivity index (χ0) is 21.4. The van der Waals surface area contributed by atoms with Crippen LogP contribution in [-0.4, -0.2) is 46.4 Å². The summed E-state index contributed by atoms with van der Waals surface area (Å²) >= 11 is 0. The second-order valence-electron chi connectivity index (χ2n) is 6.02. The first kappa shape index (κ1) is 22.0. The maximum Gasteiger partial charge on any atom is 0.342 e. The van der Waals surface area contributed by atoms with Crippen molar-refractivity contribution in [1.29, 1.82) is 5.41 Å². The van der Waals surface area contributed by atoms with Gasteiger partial charge >= 0.3 is 10.1 Å². The van der Waals surface area contributed by atoms with Crippen molar-refractivity contribution in [2.24, 2.45) is 10.8 Å². The number of nitrogens with two attached hydrogens (primary N) is 1. The largest absolute Gasteiger partial charge is 0.495 e. The van der Waals surface area contributed by atoms with Gasteiger partial charge in [0.25, 0.3) is 0 Å². The molecule has 0 aliphatic rings. The Labute approximate surface area is 170 Å². The van der Waals surface area contributed by atoms with Crippen LogP contribution in [0.15, 0.2) is 52.5 Å². The summed E-state index contributed by atoms with van der Waals surface area (Å²) in [6, 6.07) is 11.1. The molecule has 0 saturated carbocycles. The zero-order valence-electron chi connectivity index (χ0n) is 16.3. The number of para-hydroxylation sites is 1. The van der Waals surface area contributed by atoms with Gasteiger partial charge in [-0.3, -0.25) is 5.41 Å². The van der Waals surface area contributed by atoms with Gasteiger partial charge in [-0.25, -0.2) is 5.01 Å². The Balaban J connectivity index is 2.08. The van der Waals surface area contributed by atoms with E-state index in [-0.39, 0.29) is 22.4 Å². The van der Waals surface area contributed by atoms with E-state index in [0.29, 0.717) is 25.3 Å². The van der Waals surface area contributed by atoms with Gasteiger partial charge in [0, 0.05) is 25.7 Å². The van der Waals surface area contributed by atoms with Gasteiger partial charge in [-0.15, -0.1) is 0 Å². The van der Waals surface area contributed by atoms with Gasteiger partial charge in [0.1, 0.15) is 22.1 Å². The van der Waals surface area contributed by atoms with Crippen LogP contribution in [0, 0.1) is 12.3 Å². The van der Waals surface area contributed by atoms with E-state index >= 15 is 0 Å². The standard InChI is InChI=1S/C19H24N4O5S/c1-14-11-15(27-10-6-9-23(22-2)19(20)21)13-16(12-14)28-29(24,25)18-8-5-4-7-17(18)26-3/h4-5,7-8,11-13H,2,6,9-10H2,1,3H3,(H3,20,21). The molecule has 3 N–H and O–H groups in total. The Morgan fingerprint density at radius 2 is 1.93 bits per heavy atom. The molecule has 0 amide bonds. The molecule has 0 saturated heterocycles. The van der Waals surface area contributed by atoms with E-state index in [2.05, 4.69) is 11.8 Å². The monoisotopic (exact) mass is 420 g/mol. The zero-order valence-corrected chi connectivity index (χ0v) is 17.1. The Kier molecular flexibility index (Phi) is 7.43. The highest BCUT2D eigenvalue weighted by atomic mass is 32.2. The topological polar surface area (TPSA) is 127 Å². The van der Waals surface area contributed by atoms with Crippen molar-refractivity contribution in [3.63, 3.8) is 0 Å². The van der Waals surface area contributed by atoms with Crippen LogP contribution in [0.4, 0.5) is 0 Å². The third kappa shape index (κ3) is 6.11. The van der Waals surface area contributed by atoms with Crippen LogP contribution in [0.25, 0.3) is 0 Å². The quantitative estimate of drug-likeness (QED) is 0.198. The van der Waals surface area contributed by atoms with Crippen LogP contribution in [0.1, 0.15) is 12.0 Å². The number of hydrogen-bond acceptors (Lipinski definition) is 7. The van der Waals surface area contributed by atoms with Gasteiger partial charge in [-0.2, -0.15) is 13.5 Å². The average molecular weight is 420 g/mol. The fourth-order valence-corrected chi connectivity index (χ4v) is 3.60. The highest BCUT2D eigenvalue weighted by Gasteiger charge is 2.21. The van der Waals surface area contributed by atoms with Crippen LogP contribution in [0.2, 0.25) is 0 Å². The minimum atomic E-state index is -4.08. The maximum atomic E-state index is 12.6. The van der Waals surface area contributed by atoms with E-state index in [4.69, 9.17) is 24.8 Å². The Morgan fingerprint density at radius 3 is 2.59 bits per heavy atom. The van der Waals surface area contributed by atoms with Gasteiger partial charge in [0.15, 0.2) is 0 Å². The Morgan fingerprint density at radius 1 is 1.24 bits per heavy atom. The first-order valence-electron chi connectivity index (χ1n) is 8.67. The lowest BCUT2D eigenvalue weighted by atomic mass is 10.2. The predicted molar refractivity (Wildman–Crippen MR) is 110 cm³/mol. The fourth-order valence-electron chi connectivity index (χ4n) is 2.51. The van der Waals surface area contributed by atoms with Crippen molar-refractivity contribution in [3.8, 4) is 17.2 Å². The highest BCUT2D eigenvalue weighted by Crippen LogP contribution is 2.29. The molecule has 0 unspecified atom stereocenters. The number of methoxy groups -OCH3 is 1. The highest BCUT2D eigenvalue weighted by molar-refractivity contribution is 7.87. The van der Waals surface area contributed by atoms with E-state index in [1.165, 1.54) is 24.3 Å². The van der Waals surface area contributed by atoms with Gasteiger partial charge in [-0.05, 0) is 36.8 Å². The van der Waals surface area contributed by atoms with Crippen molar-refractivity contribution in [3.05, 3.63) is 48.0 Å². The minimum absolute atomic E-state index is 0.0623. The van der Waals surface area contributed by atoms with E-state index in [1.54, 1.807) is 37.3 Å². The van der Waals surface area contributed by atoms with Crippen LogP contribution in [-0.2, 0) is 10.1 Å². The summed E-state index contributed by atoms with van der Waals surface area (Å²) in [5.74, 6) is 0.579. The van der Waals surface area contributed by atoms with E-state index in [1.807, 2.05) is 0 Å². The van der Waals surface area contributed by atoms with Crippen molar-refractivity contribution >= 4 is 22.8 Å². The van der Waals surface area contributed by atoms with E-state index in [0.717, 1.165) is 5.56 Å². The molecule has 0 fully saturated rings. The lowest BCUT2D eigenvalue weighted by molar-refractivity contribution is 0.287. The number of hydrazone groups is 1. The molecule has 0 aromatic heterocycles. The molecule has 29 heavy (non-hydrogen) atoms. The molecule has 2 aromatic rings. The molecule has 0 bridgehead atoms. The van der Waals surface area contributed by atoms with Gasteiger partial charge in [0.2, 0.25) is 5.96 Å². The molecule has 0 heterocycles. The molecule has 156 valence electrons. The van der Waals surface area contributed by atoms with Gasteiger partial charge < -0.3 is 19.4 Å². The van der Waals surface area contributed by atoms with Crippen molar-refractivity contribution in [2.75, 3.05) is 20.3 Å². The summed E-state index contributed by atoms with van der Waals surface area (Å²) in [7, 11) is -2.69. The van der Waals surface area contributed by atoms with Crippen LogP contribution in [0.3, 0.4) is 0 Å². The van der Waals surface area contributed by atoms with Gasteiger partial charge in [0.05, 0.1) is 13.7 Å². The molecule has 0 spiro atoms. The average Bonchev–Trinajstić information content (AvgIpc) is 2.66.